The summed E-state index contributed by atoms with van der Waals surface area (Å²) in [5.41, 5.74) is 4.26. The van der Waals surface area contributed by atoms with Crippen molar-refractivity contribution in [3.8, 4) is 22.6 Å². The van der Waals surface area contributed by atoms with Crippen LogP contribution in [0.25, 0.3) is 11.1 Å². The molecule has 0 aliphatic rings. The minimum Gasteiger partial charge on any atom is -0.504 e. The molecule has 2 aromatic rings. The van der Waals surface area contributed by atoms with Gasteiger partial charge in [-0.05, 0) is 36.6 Å². The Kier molecular flexibility index (Phi) is 3.05. The summed E-state index contributed by atoms with van der Waals surface area (Å²) >= 11 is 0. The molecule has 2 nitrogen and oxygen atoms in total. The normalized spacial score (nSPS) is 10.3. The number of para-hydroxylation sites is 1. The third kappa shape index (κ3) is 2.11. The van der Waals surface area contributed by atoms with E-state index in [2.05, 4.69) is 26.0 Å². The van der Waals surface area contributed by atoms with Crippen molar-refractivity contribution in [1.29, 1.82) is 0 Å². The fourth-order valence-electron chi connectivity index (χ4n) is 1.83. The van der Waals surface area contributed by atoms with E-state index in [9.17, 15) is 5.11 Å². The molecule has 0 aliphatic heterocycles. The molecule has 0 aromatic heterocycles. The maximum Gasteiger partial charge on any atom is 0.165 e. The zero-order chi connectivity index (χ0) is 12.4. The first-order valence-electron chi connectivity index (χ1n) is 5.57. The van der Waals surface area contributed by atoms with Gasteiger partial charge in [-0.2, -0.15) is 0 Å². The zero-order valence-electron chi connectivity index (χ0n) is 10.3. The first-order valence-corrected chi connectivity index (χ1v) is 5.57. The predicted octanol–water partition coefficient (Wildman–Crippen LogP) is 3.68. The van der Waals surface area contributed by atoms with Gasteiger partial charge >= 0.3 is 0 Å². The highest BCUT2D eigenvalue weighted by molar-refractivity contribution is 5.74. The smallest absolute Gasteiger partial charge is 0.165 e. The van der Waals surface area contributed by atoms with Crippen LogP contribution < -0.4 is 4.74 Å². The molecule has 1 N–H and O–H groups in total. The average molecular weight is 228 g/mol. The van der Waals surface area contributed by atoms with E-state index in [0.29, 0.717) is 5.75 Å². The number of benzene rings is 2. The molecule has 0 spiro atoms. The Morgan fingerprint density at radius 3 is 2.41 bits per heavy atom. The lowest BCUT2D eigenvalue weighted by atomic mass is 9.99. The van der Waals surface area contributed by atoms with Crippen molar-refractivity contribution in [3.63, 3.8) is 0 Å². The number of phenols is 1. The molecule has 0 radical (unpaired) electrons. The van der Waals surface area contributed by atoms with E-state index in [-0.39, 0.29) is 5.75 Å². The lowest BCUT2D eigenvalue weighted by Crippen LogP contribution is -1.87. The van der Waals surface area contributed by atoms with E-state index in [1.807, 2.05) is 18.2 Å². The van der Waals surface area contributed by atoms with Crippen molar-refractivity contribution in [2.75, 3.05) is 7.11 Å². The van der Waals surface area contributed by atoms with Gasteiger partial charge in [0.25, 0.3) is 0 Å². The molecule has 17 heavy (non-hydrogen) atoms. The van der Waals surface area contributed by atoms with Gasteiger partial charge in [-0.1, -0.05) is 30.3 Å². The Bertz CT molecular complexity index is 545. The number of aromatic hydroxyl groups is 1. The van der Waals surface area contributed by atoms with E-state index >= 15 is 0 Å². The van der Waals surface area contributed by atoms with Crippen LogP contribution >= 0.6 is 0 Å². The average Bonchev–Trinajstić information content (AvgIpc) is 2.33. The Morgan fingerprint density at radius 2 is 1.76 bits per heavy atom. The fourth-order valence-corrected chi connectivity index (χ4v) is 1.83. The van der Waals surface area contributed by atoms with Gasteiger partial charge in [0, 0.05) is 5.56 Å². The third-order valence-electron chi connectivity index (χ3n) is 3.04. The van der Waals surface area contributed by atoms with Crippen LogP contribution in [-0.4, -0.2) is 12.2 Å². The van der Waals surface area contributed by atoms with Crippen LogP contribution in [0.15, 0.2) is 36.4 Å². The SMILES string of the molecule is COc1cccc(-c2ccc(C)c(C)c2)c1O. The highest BCUT2D eigenvalue weighted by atomic mass is 16.5. The first-order chi connectivity index (χ1) is 8.13. The number of phenolic OH excluding ortho intramolecular Hbond substituents is 1. The monoisotopic (exact) mass is 228 g/mol. The molecule has 0 heterocycles. The molecule has 2 aromatic carbocycles. The van der Waals surface area contributed by atoms with Crippen molar-refractivity contribution >= 4 is 0 Å². The summed E-state index contributed by atoms with van der Waals surface area (Å²) in [6.45, 7) is 4.14. The van der Waals surface area contributed by atoms with Crippen LogP contribution in [0.3, 0.4) is 0 Å². The zero-order valence-corrected chi connectivity index (χ0v) is 10.3. The minimum atomic E-state index is 0.193. The fraction of sp³-hybridized carbons (Fsp3) is 0.200. The van der Waals surface area contributed by atoms with Crippen molar-refractivity contribution in [2.24, 2.45) is 0 Å². The minimum absolute atomic E-state index is 0.193. The maximum absolute atomic E-state index is 10.1. The van der Waals surface area contributed by atoms with Crippen molar-refractivity contribution in [1.82, 2.24) is 0 Å². The van der Waals surface area contributed by atoms with E-state index in [4.69, 9.17) is 4.74 Å². The largest absolute Gasteiger partial charge is 0.504 e. The summed E-state index contributed by atoms with van der Waals surface area (Å²) in [6.07, 6.45) is 0. The number of methoxy groups -OCH3 is 1. The first kappa shape index (κ1) is 11.5. The molecule has 0 saturated carbocycles. The van der Waals surface area contributed by atoms with E-state index < -0.39 is 0 Å². The van der Waals surface area contributed by atoms with Gasteiger partial charge in [0.1, 0.15) is 0 Å². The Labute approximate surface area is 101 Å². The standard InChI is InChI=1S/C15H16O2/c1-10-7-8-12(9-11(10)2)13-5-4-6-14(17-3)15(13)16/h4-9,16H,1-3H3. The quantitative estimate of drug-likeness (QED) is 0.849. The summed E-state index contributed by atoms with van der Waals surface area (Å²) in [5, 5.41) is 10.1. The summed E-state index contributed by atoms with van der Waals surface area (Å²) < 4.78 is 5.11. The van der Waals surface area contributed by atoms with Gasteiger partial charge in [-0.15, -0.1) is 0 Å². The second-order valence-corrected chi connectivity index (χ2v) is 4.16. The molecule has 0 saturated heterocycles. The van der Waals surface area contributed by atoms with Gasteiger partial charge in [-0.25, -0.2) is 0 Å². The maximum atomic E-state index is 10.1. The molecule has 0 atom stereocenters. The molecule has 0 amide bonds. The summed E-state index contributed by atoms with van der Waals surface area (Å²) in [7, 11) is 1.55. The van der Waals surface area contributed by atoms with Gasteiger partial charge in [0.15, 0.2) is 11.5 Å². The van der Waals surface area contributed by atoms with Crippen LogP contribution in [-0.2, 0) is 0 Å². The topological polar surface area (TPSA) is 29.5 Å². The van der Waals surface area contributed by atoms with Crippen LogP contribution in [0, 0.1) is 13.8 Å². The summed E-state index contributed by atoms with van der Waals surface area (Å²) in [5.74, 6) is 0.694. The number of hydrogen-bond donors (Lipinski definition) is 1. The van der Waals surface area contributed by atoms with Gasteiger partial charge in [0.05, 0.1) is 7.11 Å². The Hall–Kier alpha value is -1.96. The van der Waals surface area contributed by atoms with Crippen molar-refractivity contribution in [2.45, 2.75) is 13.8 Å². The van der Waals surface area contributed by atoms with Crippen LogP contribution in [0.2, 0.25) is 0 Å². The van der Waals surface area contributed by atoms with Gasteiger partial charge in [-0.3, -0.25) is 0 Å². The van der Waals surface area contributed by atoms with Crippen LogP contribution in [0.1, 0.15) is 11.1 Å². The molecule has 0 fully saturated rings. The molecule has 0 bridgehead atoms. The van der Waals surface area contributed by atoms with Gasteiger partial charge < -0.3 is 9.84 Å². The molecule has 2 rings (SSSR count). The highest BCUT2D eigenvalue weighted by Gasteiger charge is 2.09. The van der Waals surface area contributed by atoms with Crippen molar-refractivity contribution < 1.29 is 9.84 Å². The number of aryl methyl sites for hydroxylation is 2. The Balaban J connectivity index is 2.56. The molecule has 2 heteroatoms. The number of rotatable bonds is 2. The number of ether oxygens (including phenoxy) is 1. The van der Waals surface area contributed by atoms with E-state index in [1.165, 1.54) is 11.1 Å². The molecule has 88 valence electrons. The second kappa shape index (κ2) is 4.50. The number of hydrogen-bond acceptors (Lipinski definition) is 2. The lowest BCUT2D eigenvalue weighted by Gasteiger charge is -2.10. The van der Waals surface area contributed by atoms with Crippen LogP contribution in [0.5, 0.6) is 11.5 Å². The third-order valence-corrected chi connectivity index (χ3v) is 3.04. The Morgan fingerprint density at radius 1 is 1.00 bits per heavy atom. The molecular formula is C15H16O2. The predicted molar refractivity (Wildman–Crippen MR) is 69.6 cm³/mol. The summed E-state index contributed by atoms with van der Waals surface area (Å²) in [4.78, 5) is 0. The van der Waals surface area contributed by atoms with Crippen LogP contribution in [0.4, 0.5) is 0 Å². The second-order valence-electron chi connectivity index (χ2n) is 4.16. The van der Waals surface area contributed by atoms with E-state index in [1.54, 1.807) is 13.2 Å². The van der Waals surface area contributed by atoms with Gasteiger partial charge in [0.2, 0.25) is 0 Å². The molecular weight excluding hydrogens is 212 g/mol. The summed E-state index contributed by atoms with van der Waals surface area (Å²) in [6, 6.07) is 11.7. The van der Waals surface area contributed by atoms with E-state index in [0.717, 1.165) is 11.1 Å². The van der Waals surface area contributed by atoms with Crippen molar-refractivity contribution in [3.05, 3.63) is 47.5 Å². The lowest BCUT2D eigenvalue weighted by molar-refractivity contribution is 0.374. The highest BCUT2D eigenvalue weighted by Crippen LogP contribution is 2.37. The molecule has 0 unspecified atom stereocenters. The molecule has 0 aliphatic carbocycles.